The van der Waals surface area contributed by atoms with Crippen LogP contribution in [0.25, 0.3) is 0 Å². The lowest BCUT2D eigenvalue weighted by molar-refractivity contribution is 0.298. The van der Waals surface area contributed by atoms with Crippen LogP contribution in [0.2, 0.25) is 0 Å². The monoisotopic (exact) mass is 309 g/mol. The van der Waals surface area contributed by atoms with Crippen LogP contribution in [-0.2, 0) is 6.54 Å². The molecule has 0 radical (unpaired) electrons. The second kappa shape index (κ2) is 5.62. The lowest BCUT2D eigenvalue weighted by atomic mass is 10.2. The maximum absolute atomic E-state index is 5.93. The SMILES string of the molecule is Brc1ccc(OCCC2CC2)c(CNC2CC2)c1. The molecule has 1 aromatic rings. The Hall–Kier alpha value is -0.540. The van der Waals surface area contributed by atoms with Crippen molar-refractivity contribution in [3.63, 3.8) is 0 Å². The highest BCUT2D eigenvalue weighted by molar-refractivity contribution is 9.10. The van der Waals surface area contributed by atoms with Gasteiger partial charge in [0.1, 0.15) is 5.75 Å². The van der Waals surface area contributed by atoms with Gasteiger partial charge in [-0.3, -0.25) is 0 Å². The summed E-state index contributed by atoms with van der Waals surface area (Å²) in [6, 6.07) is 7.05. The van der Waals surface area contributed by atoms with Crippen LogP contribution in [-0.4, -0.2) is 12.6 Å². The Morgan fingerprint density at radius 2 is 2.06 bits per heavy atom. The number of rotatable bonds is 7. The van der Waals surface area contributed by atoms with Crippen LogP contribution in [0.4, 0.5) is 0 Å². The minimum Gasteiger partial charge on any atom is -0.493 e. The standard InChI is InChI=1S/C15H20BrNO/c16-13-3-6-15(18-8-7-11-1-2-11)12(9-13)10-17-14-4-5-14/h3,6,9,11,14,17H,1-2,4-5,7-8,10H2. The van der Waals surface area contributed by atoms with Crippen molar-refractivity contribution in [2.45, 2.75) is 44.7 Å². The van der Waals surface area contributed by atoms with E-state index in [1.165, 1.54) is 37.7 Å². The summed E-state index contributed by atoms with van der Waals surface area (Å²) in [5.74, 6) is 1.99. The van der Waals surface area contributed by atoms with Crippen molar-refractivity contribution in [2.75, 3.05) is 6.61 Å². The average Bonchev–Trinajstić information content (AvgIpc) is 3.24. The maximum Gasteiger partial charge on any atom is 0.123 e. The molecule has 3 rings (SSSR count). The molecule has 0 saturated heterocycles. The fourth-order valence-corrected chi connectivity index (χ4v) is 2.52. The largest absolute Gasteiger partial charge is 0.493 e. The van der Waals surface area contributed by atoms with E-state index in [0.717, 1.165) is 35.3 Å². The second-order valence-electron chi connectivity index (χ2n) is 5.49. The van der Waals surface area contributed by atoms with Crippen LogP contribution in [0, 0.1) is 5.92 Å². The van der Waals surface area contributed by atoms with Crippen molar-refractivity contribution in [1.82, 2.24) is 5.32 Å². The third-order valence-electron chi connectivity index (χ3n) is 3.66. The first-order chi connectivity index (χ1) is 8.81. The van der Waals surface area contributed by atoms with E-state index < -0.39 is 0 Å². The quantitative estimate of drug-likeness (QED) is 0.825. The molecule has 0 aliphatic heterocycles. The van der Waals surface area contributed by atoms with Crippen molar-refractivity contribution in [2.24, 2.45) is 5.92 Å². The summed E-state index contributed by atoms with van der Waals surface area (Å²) in [6.07, 6.45) is 6.67. The third kappa shape index (κ3) is 3.72. The van der Waals surface area contributed by atoms with Crippen LogP contribution in [0.3, 0.4) is 0 Å². The van der Waals surface area contributed by atoms with Crippen molar-refractivity contribution in [3.05, 3.63) is 28.2 Å². The minimum atomic E-state index is 0.739. The van der Waals surface area contributed by atoms with Crippen LogP contribution in [0.1, 0.15) is 37.7 Å². The highest BCUT2D eigenvalue weighted by atomic mass is 79.9. The topological polar surface area (TPSA) is 21.3 Å². The van der Waals surface area contributed by atoms with E-state index in [0.29, 0.717) is 0 Å². The minimum absolute atomic E-state index is 0.739. The summed E-state index contributed by atoms with van der Waals surface area (Å²) >= 11 is 3.54. The van der Waals surface area contributed by atoms with E-state index in [1.54, 1.807) is 0 Å². The lowest BCUT2D eigenvalue weighted by Crippen LogP contribution is -2.16. The molecule has 0 unspecified atom stereocenters. The van der Waals surface area contributed by atoms with Crippen LogP contribution >= 0.6 is 15.9 Å². The first kappa shape index (κ1) is 12.5. The first-order valence-electron chi connectivity index (χ1n) is 6.96. The van der Waals surface area contributed by atoms with E-state index >= 15 is 0 Å². The summed E-state index contributed by atoms with van der Waals surface area (Å²) < 4.78 is 7.06. The number of benzene rings is 1. The Balaban J connectivity index is 1.57. The molecule has 1 N–H and O–H groups in total. The van der Waals surface area contributed by atoms with Gasteiger partial charge >= 0.3 is 0 Å². The molecule has 3 heteroatoms. The van der Waals surface area contributed by atoms with Gasteiger partial charge in [-0.1, -0.05) is 28.8 Å². The molecule has 0 amide bonds. The Labute approximate surface area is 117 Å². The molecule has 0 aromatic heterocycles. The summed E-state index contributed by atoms with van der Waals surface area (Å²) in [7, 11) is 0. The van der Waals surface area contributed by atoms with Crippen LogP contribution in [0.5, 0.6) is 5.75 Å². The number of ether oxygens (including phenoxy) is 1. The number of nitrogens with one attached hydrogen (secondary N) is 1. The number of hydrogen-bond donors (Lipinski definition) is 1. The molecule has 18 heavy (non-hydrogen) atoms. The van der Waals surface area contributed by atoms with Gasteiger partial charge in [-0.15, -0.1) is 0 Å². The van der Waals surface area contributed by atoms with Gasteiger partial charge in [-0.05, 0) is 43.4 Å². The number of hydrogen-bond acceptors (Lipinski definition) is 2. The molecule has 0 spiro atoms. The molecule has 2 saturated carbocycles. The fourth-order valence-electron chi connectivity index (χ4n) is 2.11. The van der Waals surface area contributed by atoms with E-state index in [-0.39, 0.29) is 0 Å². The van der Waals surface area contributed by atoms with E-state index in [9.17, 15) is 0 Å². The fraction of sp³-hybridized carbons (Fsp3) is 0.600. The smallest absolute Gasteiger partial charge is 0.123 e. The highest BCUT2D eigenvalue weighted by Gasteiger charge is 2.22. The van der Waals surface area contributed by atoms with Gasteiger partial charge in [0.15, 0.2) is 0 Å². The van der Waals surface area contributed by atoms with E-state index in [4.69, 9.17) is 4.74 Å². The molecule has 1 aromatic carbocycles. The Kier molecular flexibility index (Phi) is 3.90. The van der Waals surface area contributed by atoms with Gasteiger partial charge in [0, 0.05) is 22.6 Å². The first-order valence-corrected chi connectivity index (χ1v) is 7.75. The molecular weight excluding hydrogens is 290 g/mol. The molecule has 0 heterocycles. The molecule has 2 fully saturated rings. The summed E-state index contributed by atoms with van der Waals surface area (Å²) in [6.45, 7) is 1.78. The molecule has 2 aliphatic carbocycles. The van der Waals surface area contributed by atoms with Gasteiger partial charge in [0.2, 0.25) is 0 Å². The molecule has 0 bridgehead atoms. The number of halogens is 1. The summed E-state index contributed by atoms with van der Waals surface area (Å²) in [5, 5.41) is 3.55. The molecule has 98 valence electrons. The van der Waals surface area contributed by atoms with Gasteiger partial charge in [0.25, 0.3) is 0 Å². The Bertz CT molecular complexity index is 413. The van der Waals surface area contributed by atoms with Crippen LogP contribution in [0.15, 0.2) is 22.7 Å². The Morgan fingerprint density at radius 1 is 1.22 bits per heavy atom. The van der Waals surface area contributed by atoms with Crippen molar-refractivity contribution < 1.29 is 4.74 Å². The highest BCUT2D eigenvalue weighted by Crippen LogP contribution is 2.33. The second-order valence-corrected chi connectivity index (χ2v) is 6.40. The van der Waals surface area contributed by atoms with E-state index in [1.807, 2.05) is 0 Å². The molecular formula is C15H20BrNO. The van der Waals surface area contributed by atoms with Gasteiger partial charge in [0.05, 0.1) is 6.61 Å². The van der Waals surface area contributed by atoms with Gasteiger partial charge in [-0.2, -0.15) is 0 Å². The van der Waals surface area contributed by atoms with Gasteiger partial charge in [-0.25, -0.2) is 0 Å². The molecule has 2 aliphatic rings. The third-order valence-corrected chi connectivity index (χ3v) is 4.15. The maximum atomic E-state index is 5.93. The Morgan fingerprint density at radius 3 is 2.78 bits per heavy atom. The normalized spacial score (nSPS) is 18.9. The predicted molar refractivity (Wildman–Crippen MR) is 76.8 cm³/mol. The molecule has 0 atom stereocenters. The zero-order valence-electron chi connectivity index (χ0n) is 10.6. The predicted octanol–water partition coefficient (Wildman–Crippen LogP) is 3.88. The lowest BCUT2D eigenvalue weighted by Gasteiger charge is -2.12. The summed E-state index contributed by atoms with van der Waals surface area (Å²) in [5.41, 5.74) is 1.27. The van der Waals surface area contributed by atoms with Crippen molar-refractivity contribution in [1.29, 1.82) is 0 Å². The zero-order chi connectivity index (χ0) is 12.4. The van der Waals surface area contributed by atoms with Crippen molar-refractivity contribution >= 4 is 15.9 Å². The average molecular weight is 310 g/mol. The zero-order valence-corrected chi connectivity index (χ0v) is 12.2. The summed E-state index contributed by atoms with van der Waals surface area (Å²) in [4.78, 5) is 0. The van der Waals surface area contributed by atoms with Crippen molar-refractivity contribution in [3.8, 4) is 5.75 Å². The van der Waals surface area contributed by atoms with Gasteiger partial charge < -0.3 is 10.1 Å². The van der Waals surface area contributed by atoms with Crippen LogP contribution < -0.4 is 10.1 Å². The van der Waals surface area contributed by atoms with E-state index in [2.05, 4.69) is 39.4 Å². The molecule has 2 nitrogen and oxygen atoms in total.